The second kappa shape index (κ2) is 9.93. The molecule has 11 heteroatoms. The summed E-state index contributed by atoms with van der Waals surface area (Å²) < 4.78 is 31.8. The number of amides is 1. The van der Waals surface area contributed by atoms with Crippen LogP contribution in [0.15, 0.2) is 29.2 Å². The Labute approximate surface area is 161 Å². The van der Waals surface area contributed by atoms with E-state index < -0.39 is 10.0 Å². The van der Waals surface area contributed by atoms with Crippen LogP contribution in [0.5, 0.6) is 0 Å². The van der Waals surface area contributed by atoms with Crippen molar-refractivity contribution in [1.29, 1.82) is 0 Å². The highest BCUT2D eigenvalue weighted by atomic mass is 35.5. The molecule has 0 aliphatic rings. The van der Waals surface area contributed by atoms with Crippen LogP contribution in [0.4, 0.5) is 5.13 Å². The number of benzene rings is 1. The summed E-state index contributed by atoms with van der Waals surface area (Å²) in [6.45, 7) is 3.06. The molecule has 142 valence electrons. The standard InChI is InChI=1S/C15H19ClN4O4S2/c1-2-24-10-8-14-19-20-15(25-14)18-13(21)7-9-17-26(22,23)12-5-3-11(16)4-6-12/h3-6,17H,2,7-10H2,1H3,(H,18,20,21). The van der Waals surface area contributed by atoms with E-state index in [0.717, 1.165) is 5.01 Å². The number of carbonyl (C=O) groups is 1. The van der Waals surface area contributed by atoms with Gasteiger partial charge in [0.1, 0.15) is 5.01 Å². The van der Waals surface area contributed by atoms with Crippen LogP contribution >= 0.6 is 22.9 Å². The zero-order valence-electron chi connectivity index (χ0n) is 14.1. The van der Waals surface area contributed by atoms with Crippen molar-refractivity contribution in [2.75, 3.05) is 25.1 Å². The first-order valence-electron chi connectivity index (χ1n) is 7.86. The predicted molar refractivity (Wildman–Crippen MR) is 100.0 cm³/mol. The second-order valence-electron chi connectivity index (χ2n) is 5.10. The second-order valence-corrected chi connectivity index (χ2v) is 8.36. The smallest absolute Gasteiger partial charge is 0.240 e. The number of nitrogens with one attached hydrogen (secondary N) is 2. The maximum atomic E-state index is 12.1. The van der Waals surface area contributed by atoms with E-state index >= 15 is 0 Å². The molecule has 0 unspecified atom stereocenters. The first-order valence-corrected chi connectivity index (χ1v) is 10.5. The lowest BCUT2D eigenvalue weighted by atomic mass is 10.4. The van der Waals surface area contributed by atoms with E-state index in [-0.39, 0.29) is 23.8 Å². The fraction of sp³-hybridized carbons (Fsp3) is 0.400. The van der Waals surface area contributed by atoms with Gasteiger partial charge in [-0.15, -0.1) is 10.2 Å². The number of aromatic nitrogens is 2. The van der Waals surface area contributed by atoms with Crippen LogP contribution in [0.25, 0.3) is 0 Å². The van der Waals surface area contributed by atoms with Crippen LogP contribution < -0.4 is 10.0 Å². The van der Waals surface area contributed by atoms with E-state index in [1.807, 2.05) is 6.92 Å². The summed E-state index contributed by atoms with van der Waals surface area (Å²) in [5.41, 5.74) is 0. The first-order chi connectivity index (χ1) is 12.4. The molecule has 0 atom stereocenters. The van der Waals surface area contributed by atoms with Gasteiger partial charge >= 0.3 is 0 Å². The molecule has 1 aromatic carbocycles. The highest BCUT2D eigenvalue weighted by Gasteiger charge is 2.14. The number of halogens is 1. The van der Waals surface area contributed by atoms with Gasteiger partial charge in [0, 0.05) is 31.0 Å². The lowest BCUT2D eigenvalue weighted by Crippen LogP contribution is -2.27. The normalized spacial score (nSPS) is 11.5. The van der Waals surface area contributed by atoms with Gasteiger partial charge in [-0.1, -0.05) is 22.9 Å². The van der Waals surface area contributed by atoms with E-state index in [1.54, 1.807) is 0 Å². The van der Waals surface area contributed by atoms with Crippen molar-refractivity contribution < 1.29 is 17.9 Å². The maximum Gasteiger partial charge on any atom is 0.240 e. The molecule has 1 heterocycles. The molecule has 0 saturated carbocycles. The van der Waals surface area contributed by atoms with Gasteiger partial charge in [-0.25, -0.2) is 13.1 Å². The maximum absolute atomic E-state index is 12.1. The molecule has 1 aromatic heterocycles. The van der Waals surface area contributed by atoms with Gasteiger partial charge < -0.3 is 10.1 Å². The average Bonchev–Trinajstić information content (AvgIpc) is 3.02. The number of hydrogen-bond acceptors (Lipinski definition) is 7. The Morgan fingerprint density at radius 3 is 2.69 bits per heavy atom. The Hall–Kier alpha value is -1.59. The van der Waals surface area contributed by atoms with Gasteiger partial charge in [-0.2, -0.15) is 0 Å². The average molecular weight is 419 g/mol. The molecule has 2 rings (SSSR count). The molecule has 0 saturated heterocycles. The molecule has 8 nitrogen and oxygen atoms in total. The number of ether oxygens (including phenoxy) is 1. The highest BCUT2D eigenvalue weighted by Crippen LogP contribution is 2.16. The summed E-state index contributed by atoms with van der Waals surface area (Å²) in [6, 6.07) is 5.77. The van der Waals surface area contributed by atoms with Crippen LogP contribution in [0.3, 0.4) is 0 Å². The summed E-state index contributed by atoms with van der Waals surface area (Å²) in [6.07, 6.45) is 0.600. The number of sulfonamides is 1. The van der Waals surface area contributed by atoms with Crippen molar-refractivity contribution in [3.63, 3.8) is 0 Å². The minimum absolute atomic E-state index is 0.0271. The molecule has 2 aromatic rings. The number of hydrogen-bond donors (Lipinski definition) is 2. The molecule has 0 radical (unpaired) electrons. The summed E-state index contributed by atoms with van der Waals surface area (Å²) in [7, 11) is -3.68. The third-order valence-corrected chi connectivity index (χ3v) is 5.77. The summed E-state index contributed by atoms with van der Waals surface area (Å²) >= 11 is 7.00. The topological polar surface area (TPSA) is 110 Å². The Morgan fingerprint density at radius 1 is 1.27 bits per heavy atom. The molecule has 0 fully saturated rings. The highest BCUT2D eigenvalue weighted by molar-refractivity contribution is 7.89. The zero-order valence-corrected chi connectivity index (χ0v) is 16.5. The van der Waals surface area contributed by atoms with Gasteiger partial charge in [0.05, 0.1) is 11.5 Å². The first kappa shape index (κ1) is 20.7. The van der Waals surface area contributed by atoms with Gasteiger partial charge in [0.25, 0.3) is 0 Å². The van der Waals surface area contributed by atoms with Crippen LogP contribution in [-0.2, 0) is 26.0 Å². The summed E-state index contributed by atoms with van der Waals surface area (Å²) in [5.74, 6) is -0.351. The lowest BCUT2D eigenvalue weighted by molar-refractivity contribution is -0.116. The quantitative estimate of drug-likeness (QED) is 0.571. The van der Waals surface area contributed by atoms with Gasteiger partial charge in [-0.05, 0) is 31.2 Å². The molecule has 2 N–H and O–H groups in total. The number of nitrogens with zero attached hydrogens (tertiary/aromatic N) is 2. The monoisotopic (exact) mass is 418 g/mol. The van der Waals surface area contributed by atoms with E-state index in [9.17, 15) is 13.2 Å². The van der Waals surface area contributed by atoms with Crippen molar-refractivity contribution >= 4 is 44.0 Å². The van der Waals surface area contributed by atoms with Gasteiger partial charge in [0.15, 0.2) is 0 Å². The number of anilines is 1. The minimum Gasteiger partial charge on any atom is -0.381 e. The minimum atomic E-state index is -3.68. The molecular weight excluding hydrogens is 400 g/mol. The molecule has 26 heavy (non-hydrogen) atoms. The Bertz CT molecular complexity index is 824. The zero-order chi connectivity index (χ0) is 19.0. The number of rotatable bonds is 10. The SMILES string of the molecule is CCOCCc1nnc(NC(=O)CCNS(=O)(=O)c2ccc(Cl)cc2)s1. The van der Waals surface area contributed by atoms with Crippen molar-refractivity contribution in [1.82, 2.24) is 14.9 Å². The van der Waals surface area contributed by atoms with Gasteiger partial charge in [0.2, 0.25) is 21.1 Å². The molecule has 0 spiro atoms. The van der Waals surface area contributed by atoms with E-state index in [2.05, 4.69) is 20.2 Å². The van der Waals surface area contributed by atoms with Crippen molar-refractivity contribution in [3.8, 4) is 0 Å². The third-order valence-electron chi connectivity index (χ3n) is 3.15. The Balaban J connectivity index is 1.77. The molecule has 1 amide bonds. The van der Waals surface area contributed by atoms with E-state index in [0.29, 0.717) is 29.8 Å². The van der Waals surface area contributed by atoms with Crippen molar-refractivity contribution in [3.05, 3.63) is 34.3 Å². The van der Waals surface area contributed by atoms with Crippen LogP contribution in [-0.4, -0.2) is 44.3 Å². The Morgan fingerprint density at radius 2 is 2.00 bits per heavy atom. The van der Waals surface area contributed by atoms with Crippen LogP contribution in [0.2, 0.25) is 5.02 Å². The fourth-order valence-electron chi connectivity index (χ4n) is 1.89. The summed E-state index contributed by atoms with van der Waals surface area (Å²) in [4.78, 5) is 12.0. The molecule has 0 aliphatic heterocycles. The third kappa shape index (κ3) is 6.61. The molecular formula is C15H19ClN4O4S2. The predicted octanol–water partition coefficient (Wildman–Crippen LogP) is 2.08. The molecule has 0 aliphatic carbocycles. The molecule has 0 bridgehead atoms. The van der Waals surface area contributed by atoms with E-state index in [1.165, 1.54) is 35.6 Å². The number of carbonyl (C=O) groups excluding carboxylic acids is 1. The lowest BCUT2D eigenvalue weighted by Gasteiger charge is -2.06. The summed E-state index contributed by atoms with van der Waals surface area (Å²) in [5, 5.41) is 12.0. The largest absolute Gasteiger partial charge is 0.381 e. The van der Waals surface area contributed by atoms with Crippen LogP contribution in [0, 0.1) is 0 Å². The van der Waals surface area contributed by atoms with Gasteiger partial charge in [-0.3, -0.25) is 4.79 Å². The fourth-order valence-corrected chi connectivity index (χ4v) is 3.78. The van der Waals surface area contributed by atoms with Crippen molar-refractivity contribution in [2.45, 2.75) is 24.7 Å². The van der Waals surface area contributed by atoms with Crippen LogP contribution in [0.1, 0.15) is 18.4 Å². The van der Waals surface area contributed by atoms with E-state index in [4.69, 9.17) is 16.3 Å². The van der Waals surface area contributed by atoms with Crippen molar-refractivity contribution in [2.24, 2.45) is 0 Å². The Kier molecular flexibility index (Phi) is 7.91.